The molecule has 1 aromatic carbocycles. The minimum atomic E-state index is 0.364. The number of hydrogen-bond acceptors (Lipinski definition) is 2. The van der Waals surface area contributed by atoms with E-state index in [1.165, 1.54) is 15.7 Å². The second-order valence-corrected chi connectivity index (χ2v) is 5.24. The van der Waals surface area contributed by atoms with Crippen LogP contribution in [0.5, 0.6) is 0 Å². The van der Waals surface area contributed by atoms with Crippen molar-refractivity contribution in [2.24, 2.45) is 0 Å². The Balaban J connectivity index is 2.25. The zero-order valence-electron chi connectivity index (χ0n) is 8.86. The van der Waals surface area contributed by atoms with Crippen LogP contribution < -0.4 is 0 Å². The van der Waals surface area contributed by atoms with Gasteiger partial charge < -0.3 is 0 Å². The van der Waals surface area contributed by atoms with Crippen molar-refractivity contribution in [3.63, 3.8) is 0 Å². The second kappa shape index (κ2) is 4.75. The van der Waals surface area contributed by atoms with Crippen molar-refractivity contribution < 1.29 is 4.74 Å². The zero-order valence-corrected chi connectivity index (χ0v) is 10.6. The summed E-state index contributed by atoms with van der Waals surface area (Å²) >= 11 is 0.364. The molecule has 1 heterocycles. The molecule has 0 aliphatic heterocycles. The number of ether oxygens (including phenoxy) is 1. The Labute approximate surface area is 95.7 Å². The van der Waals surface area contributed by atoms with Crippen molar-refractivity contribution >= 4 is 14.5 Å². The molecule has 0 spiro atoms. The van der Waals surface area contributed by atoms with Crippen LogP contribution in [0, 0.1) is 6.92 Å². The van der Waals surface area contributed by atoms with Crippen molar-refractivity contribution in [1.82, 2.24) is 4.98 Å². The monoisotopic (exact) mass is 267 g/mol. The van der Waals surface area contributed by atoms with E-state index in [0.717, 1.165) is 5.69 Å². The summed E-state index contributed by atoms with van der Waals surface area (Å²) in [5, 5.41) is 0. The standard InChI is InChI=1S/C12H13NOSe/c1-9-3-5-10(6-4-9)12-13-11(7-14-2)8-15-12/h3-6,8H,7H2,1-2H3. The number of aromatic nitrogens is 1. The third-order valence-electron chi connectivity index (χ3n) is 2.14. The maximum absolute atomic E-state index is 5.06. The Morgan fingerprint density at radius 3 is 2.67 bits per heavy atom. The Morgan fingerprint density at radius 2 is 2.00 bits per heavy atom. The molecule has 3 heteroatoms. The number of nitrogens with zero attached hydrogens (tertiary/aromatic N) is 1. The molecule has 2 rings (SSSR count). The first-order valence-electron chi connectivity index (χ1n) is 4.80. The predicted molar refractivity (Wildman–Crippen MR) is 62.1 cm³/mol. The van der Waals surface area contributed by atoms with Crippen molar-refractivity contribution in [3.05, 3.63) is 40.5 Å². The first-order chi connectivity index (χ1) is 7.29. The van der Waals surface area contributed by atoms with Crippen LogP contribution in [0.1, 0.15) is 11.3 Å². The molecule has 78 valence electrons. The maximum atomic E-state index is 5.06. The van der Waals surface area contributed by atoms with Crippen LogP contribution in [0.25, 0.3) is 10.1 Å². The van der Waals surface area contributed by atoms with Crippen LogP contribution in [-0.2, 0) is 11.3 Å². The van der Waals surface area contributed by atoms with Gasteiger partial charge in [-0.05, 0) is 0 Å². The molecule has 0 radical (unpaired) electrons. The molecule has 2 nitrogen and oxygen atoms in total. The van der Waals surface area contributed by atoms with Gasteiger partial charge in [-0.1, -0.05) is 0 Å². The van der Waals surface area contributed by atoms with Crippen LogP contribution >= 0.6 is 0 Å². The first-order valence-corrected chi connectivity index (χ1v) is 6.64. The van der Waals surface area contributed by atoms with Crippen LogP contribution in [0.4, 0.5) is 0 Å². The summed E-state index contributed by atoms with van der Waals surface area (Å²) in [5.74, 6) is 0. The van der Waals surface area contributed by atoms with E-state index in [1.807, 2.05) is 0 Å². The molecule has 0 aliphatic carbocycles. The third-order valence-corrected chi connectivity index (χ3v) is 4.12. The van der Waals surface area contributed by atoms with E-state index in [0.29, 0.717) is 21.1 Å². The molecule has 0 saturated heterocycles. The summed E-state index contributed by atoms with van der Waals surface area (Å²) in [6, 6.07) is 8.53. The molecule has 0 aliphatic rings. The van der Waals surface area contributed by atoms with E-state index in [-0.39, 0.29) is 0 Å². The average Bonchev–Trinajstić information content (AvgIpc) is 2.68. The molecular formula is C12H13NOSe. The Hall–Kier alpha value is -0.891. The van der Waals surface area contributed by atoms with E-state index in [9.17, 15) is 0 Å². The normalized spacial score (nSPS) is 10.5. The Bertz CT molecular complexity index is 433. The summed E-state index contributed by atoms with van der Waals surface area (Å²) < 4.78 is 6.27. The molecule has 0 amide bonds. The quantitative estimate of drug-likeness (QED) is 0.795. The van der Waals surface area contributed by atoms with E-state index in [2.05, 4.69) is 41.1 Å². The molecule has 0 bridgehead atoms. The fourth-order valence-corrected chi connectivity index (χ4v) is 3.05. The van der Waals surface area contributed by atoms with Crippen LogP contribution in [0.15, 0.2) is 29.2 Å². The van der Waals surface area contributed by atoms with E-state index >= 15 is 0 Å². The van der Waals surface area contributed by atoms with Crippen molar-refractivity contribution in [2.75, 3.05) is 7.11 Å². The topological polar surface area (TPSA) is 22.1 Å². The van der Waals surface area contributed by atoms with Gasteiger partial charge in [0.1, 0.15) is 0 Å². The third kappa shape index (κ3) is 2.57. The Morgan fingerprint density at radius 1 is 1.27 bits per heavy atom. The van der Waals surface area contributed by atoms with Crippen LogP contribution in [-0.4, -0.2) is 26.6 Å². The van der Waals surface area contributed by atoms with E-state index < -0.39 is 0 Å². The molecular weight excluding hydrogens is 253 g/mol. The summed E-state index contributed by atoms with van der Waals surface area (Å²) in [6.45, 7) is 2.72. The Kier molecular flexibility index (Phi) is 3.37. The van der Waals surface area contributed by atoms with Crippen molar-refractivity contribution in [2.45, 2.75) is 13.5 Å². The average molecular weight is 266 g/mol. The van der Waals surface area contributed by atoms with Gasteiger partial charge in [0.05, 0.1) is 0 Å². The molecule has 15 heavy (non-hydrogen) atoms. The second-order valence-electron chi connectivity index (χ2n) is 3.44. The van der Waals surface area contributed by atoms with Gasteiger partial charge in [-0.2, -0.15) is 0 Å². The van der Waals surface area contributed by atoms with Crippen LogP contribution in [0.2, 0.25) is 0 Å². The number of hydrogen-bond donors (Lipinski definition) is 0. The number of methoxy groups -OCH3 is 1. The van der Waals surface area contributed by atoms with Gasteiger partial charge in [0.25, 0.3) is 0 Å². The number of benzene rings is 1. The summed E-state index contributed by atoms with van der Waals surface area (Å²) in [5.41, 5.74) is 3.59. The molecule has 0 atom stereocenters. The van der Waals surface area contributed by atoms with Gasteiger partial charge >= 0.3 is 95.5 Å². The van der Waals surface area contributed by atoms with Gasteiger partial charge in [-0.25, -0.2) is 0 Å². The first kappa shape index (κ1) is 10.6. The van der Waals surface area contributed by atoms with Gasteiger partial charge in [0, 0.05) is 0 Å². The molecule has 0 N–H and O–H groups in total. The molecule has 1 aromatic heterocycles. The zero-order chi connectivity index (χ0) is 10.7. The molecule has 0 unspecified atom stereocenters. The van der Waals surface area contributed by atoms with E-state index in [4.69, 9.17) is 4.74 Å². The van der Waals surface area contributed by atoms with Gasteiger partial charge in [0.15, 0.2) is 0 Å². The molecule has 0 fully saturated rings. The van der Waals surface area contributed by atoms with Gasteiger partial charge in [-0.15, -0.1) is 0 Å². The summed E-state index contributed by atoms with van der Waals surface area (Å²) in [7, 11) is 1.70. The summed E-state index contributed by atoms with van der Waals surface area (Å²) in [6.07, 6.45) is 0. The number of aryl methyl sites for hydroxylation is 1. The molecule has 2 aromatic rings. The van der Waals surface area contributed by atoms with Gasteiger partial charge in [-0.3, -0.25) is 0 Å². The fourth-order valence-electron chi connectivity index (χ4n) is 1.35. The molecule has 0 saturated carbocycles. The van der Waals surface area contributed by atoms with Crippen molar-refractivity contribution in [3.8, 4) is 10.1 Å². The number of rotatable bonds is 3. The van der Waals surface area contributed by atoms with E-state index in [1.54, 1.807) is 7.11 Å². The van der Waals surface area contributed by atoms with Crippen molar-refractivity contribution in [1.29, 1.82) is 0 Å². The van der Waals surface area contributed by atoms with Crippen LogP contribution in [0.3, 0.4) is 0 Å². The summed E-state index contributed by atoms with van der Waals surface area (Å²) in [4.78, 5) is 6.74. The fraction of sp³-hybridized carbons (Fsp3) is 0.250. The van der Waals surface area contributed by atoms with Gasteiger partial charge in [0.2, 0.25) is 0 Å². The SMILES string of the molecule is COCc1c[se]c(-c2ccc(C)cc2)n1. The minimum absolute atomic E-state index is 0.364. The predicted octanol–water partition coefficient (Wildman–Crippen LogP) is 2.26.